The maximum absolute atomic E-state index is 11.5. The number of hydrazone groups is 1. The lowest BCUT2D eigenvalue weighted by Crippen LogP contribution is -2.06. The van der Waals surface area contributed by atoms with Gasteiger partial charge in [0.05, 0.1) is 5.69 Å². The summed E-state index contributed by atoms with van der Waals surface area (Å²) in [7, 11) is 0. The first kappa shape index (κ1) is 17.2. The van der Waals surface area contributed by atoms with Gasteiger partial charge in [0, 0.05) is 17.3 Å². The maximum atomic E-state index is 11.5. The smallest absolute Gasteiger partial charge is 0.252 e. The Balaban J connectivity index is 1.90. The van der Waals surface area contributed by atoms with Crippen molar-refractivity contribution in [3.05, 3.63) is 87.8 Å². The minimum Gasteiger partial charge on any atom is -0.290 e. The number of anilines is 1. The van der Waals surface area contributed by atoms with Crippen LogP contribution in [0.3, 0.4) is 0 Å². The molecule has 1 aromatic heterocycles. The summed E-state index contributed by atoms with van der Waals surface area (Å²) in [6.45, 7) is 3.74. The number of H-pyrrole nitrogens is 1. The van der Waals surface area contributed by atoms with Crippen molar-refractivity contribution < 1.29 is 0 Å². The van der Waals surface area contributed by atoms with Gasteiger partial charge in [0.2, 0.25) is 11.8 Å². The normalized spacial score (nSPS) is 11.7. The van der Waals surface area contributed by atoms with Gasteiger partial charge in [0.1, 0.15) is 0 Å². The summed E-state index contributed by atoms with van der Waals surface area (Å²) >= 11 is 0. The third kappa shape index (κ3) is 4.70. The molecule has 3 aromatic rings. The van der Waals surface area contributed by atoms with E-state index < -0.39 is 0 Å². The van der Waals surface area contributed by atoms with Crippen LogP contribution in [0.15, 0.2) is 80.8 Å². The van der Waals surface area contributed by atoms with Gasteiger partial charge in [-0.1, -0.05) is 48.0 Å². The summed E-state index contributed by atoms with van der Waals surface area (Å²) < 4.78 is 0. The number of rotatable bonds is 4. The van der Waals surface area contributed by atoms with Gasteiger partial charge < -0.3 is 0 Å². The monoisotopic (exact) mass is 346 g/mol. The number of hydrogen-bond acceptors (Lipinski definition) is 5. The second-order valence-electron chi connectivity index (χ2n) is 5.69. The number of nitrogens with one attached hydrogen (secondary N) is 2. The molecule has 0 unspecified atom stereocenters. The van der Waals surface area contributed by atoms with Crippen molar-refractivity contribution in [2.24, 2.45) is 15.3 Å². The zero-order chi connectivity index (χ0) is 18.4. The van der Waals surface area contributed by atoms with Crippen LogP contribution in [0.4, 0.5) is 11.6 Å². The molecular formula is C19H18N6O. The van der Waals surface area contributed by atoms with Gasteiger partial charge in [-0.25, -0.2) is 4.98 Å². The van der Waals surface area contributed by atoms with E-state index in [0.29, 0.717) is 11.5 Å². The molecule has 0 saturated heterocycles. The van der Waals surface area contributed by atoms with E-state index in [1.165, 1.54) is 6.07 Å². The standard InChI is InChI=1S/C19H18N6O/c1-13-8-10-16(11-9-13)22-23-18(15-6-4-3-5-7-15)24-25-19-20-14(2)12-17(26)21-19/h3-12,22H,1-2H3,(H,20,21,26). The van der Waals surface area contributed by atoms with Crippen LogP contribution >= 0.6 is 0 Å². The first-order valence-electron chi connectivity index (χ1n) is 8.06. The van der Waals surface area contributed by atoms with Crippen LogP contribution < -0.4 is 11.0 Å². The van der Waals surface area contributed by atoms with Crippen molar-refractivity contribution >= 4 is 17.5 Å². The summed E-state index contributed by atoms with van der Waals surface area (Å²) in [4.78, 5) is 18.2. The molecule has 0 amide bonds. The van der Waals surface area contributed by atoms with E-state index >= 15 is 0 Å². The average molecular weight is 346 g/mol. The highest BCUT2D eigenvalue weighted by Crippen LogP contribution is 2.11. The largest absolute Gasteiger partial charge is 0.290 e. The number of hydrogen-bond donors (Lipinski definition) is 2. The Bertz CT molecular complexity index is 991. The molecule has 0 spiro atoms. The topological polar surface area (TPSA) is 94.9 Å². The molecule has 1 heterocycles. The molecule has 0 fully saturated rings. The van der Waals surface area contributed by atoms with Crippen LogP contribution in [-0.4, -0.2) is 15.8 Å². The van der Waals surface area contributed by atoms with Gasteiger partial charge in [0.25, 0.3) is 5.56 Å². The van der Waals surface area contributed by atoms with Gasteiger partial charge in [-0.15, -0.1) is 10.2 Å². The van der Waals surface area contributed by atoms with Gasteiger partial charge in [-0.05, 0) is 26.0 Å². The number of aryl methyl sites for hydroxylation is 2. The van der Waals surface area contributed by atoms with E-state index in [1.54, 1.807) is 6.92 Å². The zero-order valence-electron chi connectivity index (χ0n) is 14.5. The highest BCUT2D eigenvalue weighted by molar-refractivity contribution is 5.99. The summed E-state index contributed by atoms with van der Waals surface area (Å²) in [5.41, 5.74) is 6.05. The molecule has 0 radical (unpaired) electrons. The second kappa shape index (κ2) is 7.98. The van der Waals surface area contributed by atoms with Gasteiger partial charge in [-0.3, -0.25) is 15.2 Å². The van der Waals surface area contributed by atoms with Gasteiger partial charge >= 0.3 is 0 Å². The number of azo groups is 1. The highest BCUT2D eigenvalue weighted by Gasteiger charge is 2.03. The highest BCUT2D eigenvalue weighted by atomic mass is 16.1. The summed E-state index contributed by atoms with van der Waals surface area (Å²) in [5.74, 6) is 0.504. The molecule has 0 aliphatic heterocycles. The van der Waals surface area contributed by atoms with Crippen LogP contribution in [0.1, 0.15) is 16.8 Å². The maximum Gasteiger partial charge on any atom is 0.252 e. The number of aromatic amines is 1. The first-order valence-corrected chi connectivity index (χ1v) is 8.06. The van der Waals surface area contributed by atoms with E-state index in [-0.39, 0.29) is 11.5 Å². The number of benzene rings is 2. The SMILES string of the molecule is Cc1ccc(NN=C(N=Nc2nc(C)cc(=O)[nH]2)c2ccccc2)cc1. The Morgan fingerprint density at radius 1 is 1.04 bits per heavy atom. The van der Waals surface area contributed by atoms with E-state index in [0.717, 1.165) is 16.8 Å². The minimum absolute atomic E-state index is 0.133. The molecule has 3 rings (SSSR count). The molecule has 0 bridgehead atoms. The summed E-state index contributed by atoms with van der Waals surface area (Å²) in [5, 5.41) is 12.5. The van der Waals surface area contributed by atoms with E-state index in [2.05, 4.69) is 30.7 Å². The fraction of sp³-hybridized carbons (Fsp3) is 0.105. The Morgan fingerprint density at radius 3 is 2.46 bits per heavy atom. The molecule has 0 aliphatic rings. The molecule has 130 valence electrons. The third-order valence-corrected chi connectivity index (χ3v) is 3.47. The predicted molar refractivity (Wildman–Crippen MR) is 102 cm³/mol. The Hall–Kier alpha value is -3.61. The van der Waals surface area contributed by atoms with Crippen molar-refractivity contribution in [2.75, 3.05) is 5.43 Å². The lowest BCUT2D eigenvalue weighted by atomic mass is 10.2. The van der Waals surface area contributed by atoms with Crippen molar-refractivity contribution in [3.8, 4) is 0 Å². The summed E-state index contributed by atoms with van der Waals surface area (Å²) in [6, 6.07) is 18.7. The predicted octanol–water partition coefficient (Wildman–Crippen LogP) is 3.94. The number of nitrogens with zero attached hydrogens (tertiary/aromatic N) is 4. The fourth-order valence-electron chi connectivity index (χ4n) is 2.18. The zero-order valence-corrected chi connectivity index (χ0v) is 14.5. The molecule has 7 nitrogen and oxygen atoms in total. The van der Waals surface area contributed by atoms with Crippen LogP contribution in [0.25, 0.3) is 0 Å². The fourth-order valence-corrected chi connectivity index (χ4v) is 2.18. The van der Waals surface area contributed by atoms with Gasteiger partial charge in [0.15, 0.2) is 0 Å². The van der Waals surface area contributed by atoms with E-state index in [4.69, 9.17) is 0 Å². The lowest BCUT2D eigenvalue weighted by Gasteiger charge is -2.03. The second-order valence-corrected chi connectivity index (χ2v) is 5.69. The molecule has 0 atom stereocenters. The van der Waals surface area contributed by atoms with Gasteiger partial charge in [-0.2, -0.15) is 5.10 Å². The minimum atomic E-state index is -0.276. The Labute approximate surface area is 150 Å². The average Bonchev–Trinajstić information content (AvgIpc) is 2.63. The van der Waals surface area contributed by atoms with Crippen LogP contribution in [0, 0.1) is 13.8 Å². The Morgan fingerprint density at radius 2 is 1.77 bits per heavy atom. The van der Waals surface area contributed by atoms with E-state index in [1.807, 2.05) is 61.5 Å². The first-order chi connectivity index (χ1) is 12.6. The lowest BCUT2D eigenvalue weighted by molar-refractivity contribution is 1.01. The van der Waals surface area contributed by atoms with Crippen molar-refractivity contribution in [3.63, 3.8) is 0 Å². The van der Waals surface area contributed by atoms with Crippen LogP contribution in [0.2, 0.25) is 0 Å². The third-order valence-electron chi connectivity index (χ3n) is 3.47. The molecule has 26 heavy (non-hydrogen) atoms. The number of aromatic nitrogens is 2. The Kier molecular flexibility index (Phi) is 5.28. The van der Waals surface area contributed by atoms with Crippen molar-refractivity contribution in [1.29, 1.82) is 0 Å². The molecular weight excluding hydrogens is 328 g/mol. The van der Waals surface area contributed by atoms with Crippen molar-refractivity contribution in [1.82, 2.24) is 9.97 Å². The van der Waals surface area contributed by atoms with E-state index in [9.17, 15) is 4.79 Å². The number of amidine groups is 1. The van der Waals surface area contributed by atoms with Crippen LogP contribution in [0.5, 0.6) is 0 Å². The van der Waals surface area contributed by atoms with Crippen molar-refractivity contribution in [2.45, 2.75) is 13.8 Å². The quantitative estimate of drug-likeness (QED) is 0.324. The molecule has 2 N–H and O–H groups in total. The molecule has 2 aromatic carbocycles. The molecule has 0 saturated carbocycles. The molecule has 0 aliphatic carbocycles. The summed E-state index contributed by atoms with van der Waals surface area (Å²) in [6.07, 6.45) is 0. The molecule has 7 heteroatoms. The van der Waals surface area contributed by atoms with Crippen LogP contribution in [-0.2, 0) is 0 Å².